The topological polar surface area (TPSA) is 87.9 Å². The van der Waals surface area contributed by atoms with Crippen LogP contribution in [0.15, 0.2) is 65.3 Å². The van der Waals surface area contributed by atoms with Crippen LogP contribution in [0.4, 0.5) is 0 Å². The summed E-state index contributed by atoms with van der Waals surface area (Å²) in [5, 5.41) is 2.95. The first-order chi connectivity index (χ1) is 16.1. The molecule has 2 aromatic carbocycles. The van der Waals surface area contributed by atoms with E-state index in [-0.39, 0.29) is 18.2 Å². The van der Waals surface area contributed by atoms with Crippen LogP contribution in [0.25, 0.3) is 11.5 Å². The molecular formula is C25H28N4O4. The number of nitrogens with zero attached hydrogens (tertiary/aromatic N) is 3. The molecule has 0 spiro atoms. The van der Waals surface area contributed by atoms with Crippen LogP contribution in [-0.4, -0.2) is 73.0 Å². The third-order valence-corrected chi connectivity index (χ3v) is 5.70. The van der Waals surface area contributed by atoms with Gasteiger partial charge in [-0.1, -0.05) is 18.2 Å². The Hall–Kier alpha value is -3.65. The number of piperazine rings is 1. The van der Waals surface area contributed by atoms with Gasteiger partial charge in [0.1, 0.15) is 12.0 Å². The van der Waals surface area contributed by atoms with Gasteiger partial charge in [0.15, 0.2) is 0 Å². The Balaban J connectivity index is 1.17. The minimum absolute atomic E-state index is 0.0513. The predicted octanol–water partition coefficient (Wildman–Crippen LogP) is 2.47. The maximum Gasteiger partial charge on any atom is 0.251 e. The quantitative estimate of drug-likeness (QED) is 0.570. The zero-order valence-corrected chi connectivity index (χ0v) is 18.7. The number of aromatic nitrogens is 1. The highest BCUT2D eigenvalue weighted by Crippen LogP contribution is 2.18. The van der Waals surface area contributed by atoms with Gasteiger partial charge in [0, 0.05) is 50.4 Å². The molecule has 0 bridgehead atoms. The van der Waals surface area contributed by atoms with Crippen LogP contribution in [-0.2, 0) is 11.2 Å². The largest absolute Gasteiger partial charge is 0.497 e. The summed E-state index contributed by atoms with van der Waals surface area (Å²) in [6.45, 7) is 4.17. The van der Waals surface area contributed by atoms with E-state index in [9.17, 15) is 9.59 Å². The second-order valence-corrected chi connectivity index (χ2v) is 7.89. The van der Waals surface area contributed by atoms with E-state index in [1.807, 2.05) is 35.2 Å². The Bertz CT molecular complexity index is 1060. The highest BCUT2D eigenvalue weighted by Gasteiger charge is 2.22. The number of carbonyl (C=O) groups excluding carboxylic acids is 2. The highest BCUT2D eigenvalue weighted by atomic mass is 16.5. The Morgan fingerprint density at radius 2 is 1.76 bits per heavy atom. The zero-order valence-electron chi connectivity index (χ0n) is 18.7. The molecule has 1 N–H and O–H groups in total. The molecule has 2 amide bonds. The summed E-state index contributed by atoms with van der Waals surface area (Å²) in [6, 6.07) is 16.7. The molecule has 0 unspecified atom stereocenters. The summed E-state index contributed by atoms with van der Waals surface area (Å²) in [4.78, 5) is 33.5. The molecule has 0 radical (unpaired) electrons. The first-order valence-electron chi connectivity index (χ1n) is 11.0. The van der Waals surface area contributed by atoms with Crippen molar-refractivity contribution in [3.8, 4) is 17.2 Å². The number of rotatable bonds is 8. The normalized spacial score (nSPS) is 14.2. The maximum atomic E-state index is 12.7. The predicted molar refractivity (Wildman–Crippen MR) is 124 cm³/mol. The van der Waals surface area contributed by atoms with Crippen molar-refractivity contribution in [3.05, 3.63) is 72.1 Å². The molecule has 8 nitrogen and oxygen atoms in total. The van der Waals surface area contributed by atoms with E-state index in [1.54, 1.807) is 37.6 Å². The van der Waals surface area contributed by atoms with Gasteiger partial charge in [-0.15, -0.1) is 0 Å². The molecule has 2 heterocycles. The van der Waals surface area contributed by atoms with Crippen molar-refractivity contribution in [1.82, 2.24) is 20.1 Å². The Kier molecular flexibility index (Phi) is 7.36. The molecule has 33 heavy (non-hydrogen) atoms. The lowest BCUT2D eigenvalue weighted by atomic mass is 10.2. The minimum atomic E-state index is -0.103. The Morgan fingerprint density at radius 3 is 2.45 bits per heavy atom. The van der Waals surface area contributed by atoms with E-state index in [1.165, 1.54) is 0 Å². The van der Waals surface area contributed by atoms with Crippen LogP contribution < -0.4 is 10.1 Å². The van der Waals surface area contributed by atoms with Gasteiger partial charge in [0.05, 0.1) is 19.2 Å². The van der Waals surface area contributed by atoms with Gasteiger partial charge < -0.3 is 19.4 Å². The Morgan fingerprint density at radius 1 is 1.03 bits per heavy atom. The van der Waals surface area contributed by atoms with E-state index in [2.05, 4.69) is 15.2 Å². The van der Waals surface area contributed by atoms with Crippen molar-refractivity contribution in [2.24, 2.45) is 0 Å². The summed E-state index contributed by atoms with van der Waals surface area (Å²) >= 11 is 0. The lowest BCUT2D eigenvalue weighted by molar-refractivity contribution is -0.132. The molecule has 1 aliphatic heterocycles. The monoisotopic (exact) mass is 448 g/mol. The number of ether oxygens (including phenoxy) is 1. The number of nitrogens with one attached hydrogen (secondary N) is 1. The van der Waals surface area contributed by atoms with Crippen LogP contribution in [0.1, 0.15) is 16.1 Å². The number of amides is 2. The lowest BCUT2D eigenvalue weighted by Gasteiger charge is -2.34. The molecule has 172 valence electrons. The van der Waals surface area contributed by atoms with Gasteiger partial charge in [0.2, 0.25) is 11.8 Å². The third-order valence-electron chi connectivity index (χ3n) is 5.70. The maximum absolute atomic E-state index is 12.7. The van der Waals surface area contributed by atoms with E-state index in [0.29, 0.717) is 36.8 Å². The fraction of sp³-hybridized carbons (Fsp3) is 0.320. The summed E-state index contributed by atoms with van der Waals surface area (Å²) in [5.41, 5.74) is 2.14. The number of oxazole rings is 1. The summed E-state index contributed by atoms with van der Waals surface area (Å²) in [6.07, 6.45) is 1.79. The van der Waals surface area contributed by atoms with Gasteiger partial charge in [-0.25, -0.2) is 4.98 Å². The smallest absolute Gasteiger partial charge is 0.251 e. The number of hydrogen-bond donors (Lipinski definition) is 1. The highest BCUT2D eigenvalue weighted by molar-refractivity contribution is 5.94. The van der Waals surface area contributed by atoms with E-state index in [0.717, 1.165) is 30.9 Å². The fourth-order valence-electron chi connectivity index (χ4n) is 3.76. The van der Waals surface area contributed by atoms with Gasteiger partial charge >= 0.3 is 0 Å². The molecule has 1 fully saturated rings. The first-order valence-corrected chi connectivity index (χ1v) is 11.0. The molecule has 0 atom stereocenters. The number of carbonyl (C=O) groups is 2. The number of hydrogen-bond acceptors (Lipinski definition) is 6. The molecule has 8 heteroatoms. The SMILES string of the molecule is COc1ccc(C(=O)NCCN2CCN(C(=O)Cc3coc(-c4ccccc4)n3)CC2)cc1. The second kappa shape index (κ2) is 10.8. The van der Waals surface area contributed by atoms with Crippen molar-refractivity contribution in [3.63, 3.8) is 0 Å². The van der Waals surface area contributed by atoms with Crippen molar-refractivity contribution < 1.29 is 18.7 Å². The van der Waals surface area contributed by atoms with E-state index >= 15 is 0 Å². The molecular weight excluding hydrogens is 420 g/mol. The van der Waals surface area contributed by atoms with Crippen LogP contribution in [0.3, 0.4) is 0 Å². The third kappa shape index (κ3) is 5.98. The second-order valence-electron chi connectivity index (χ2n) is 7.89. The fourth-order valence-corrected chi connectivity index (χ4v) is 3.76. The van der Waals surface area contributed by atoms with Crippen molar-refractivity contribution in [1.29, 1.82) is 0 Å². The molecule has 0 saturated carbocycles. The minimum Gasteiger partial charge on any atom is -0.497 e. The average molecular weight is 449 g/mol. The molecule has 3 aromatic rings. The van der Waals surface area contributed by atoms with Crippen molar-refractivity contribution in [2.45, 2.75) is 6.42 Å². The summed E-state index contributed by atoms with van der Waals surface area (Å²) < 4.78 is 10.6. The summed E-state index contributed by atoms with van der Waals surface area (Å²) in [5.74, 6) is 1.20. The molecule has 1 saturated heterocycles. The molecule has 1 aromatic heterocycles. The standard InChI is InChI=1S/C25H28N4O4/c1-32-22-9-7-19(8-10-22)24(31)26-11-12-28-13-15-29(16-14-28)23(30)17-21-18-33-25(27-21)20-5-3-2-4-6-20/h2-10,18H,11-17H2,1H3,(H,26,31). The zero-order chi connectivity index (χ0) is 23.0. The molecule has 0 aliphatic carbocycles. The number of methoxy groups -OCH3 is 1. The van der Waals surface area contributed by atoms with Gasteiger partial charge in [-0.2, -0.15) is 0 Å². The van der Waals surface area contributed by atoms with Crippen LogP contribution in [0.5, 0.6) is 5.75 Å². The lowest BCUT2D eigenvalue weighted by Crippen LogP contribution is -2.50. The van der Waals surface area contributed by atoms with Crippen LogP contribution in [0, 0.1) is 0 Å². The van der Waals surface area contributed by atoms with Gasteiger partial charge in [-0.3, -0.25) is 14.5 Å². The van der Waals surface area contributed by atoms with E-state index in [4.69, 9.17) is 9.15 Å². The molecule has 4 rings (SSSR count). The van der Waals surface area contributed by atoms with Gasteiger partial charge in [0.25, 0.3) is 5.91 Å². The Labute approximate surface area is 193 Å². The average Bonchev–Trinajstić information content (AvgIpc) is 3.33. The van der Waals surface area contributed by atoms with E-state index < -0.39 is 0 Å². The van der Waals surface area contributed by atoms with Crippen LogP contribution in [0.2, 0.25) is 0 Å². The van der Waals surface area contributed by atoms with Gasteiger partial charge in [-0.05, 0) is 36.4 Å². The number of benzene rings is 2. The van der Waals surface area contributed by atoms with Crippen molar-refractivity contribution in [2.75, 3.05) is 46.4 Å². The summed E-state index contributed by atoms with van der Waals surface area (Å²) in [7, 11) is 1.60. The van der Waals surface area contributed by atoms with Crippen molar-refractivity contribution >= 4 is 11.8 Å². The first kappa shape index (κ1) is 22.5. The molecule has 1 aliphatic rings. The van der Waals surface area contributed by atoms with Crippen LogP contribution >= 0.6 is 0 Å².